The van der Waals surface area contributed by atoms with E-state index in [0.717, 1.165) is 37.8 Å². The predicted octanol–water partition coefficient (Wildman–Crippen LogP) is 5.56. The van der Waals surface area contributed by atoms with E-state index in [-0.39, 0.29) is 16.5 Å². The third-order valence-electron chi connectivity index (χ3n) is 7.95. The van der Waals surface area contributed by atoms with Crippen molar-refractivity contribution in [2.75, 3.05) is 13.1 Å². The van der Waals surface area contributed by atoms with Crippen molar-refractivity contribution >= 4 is 22.0 Å². The minimum atomic E-state index is -3.71. The predicted molar refractivity (Wildman–Crippen MR) is 159 cm³/mol. The molecule has 1 aromatic heterocycles. The molecule has 2 aromatic carbocycles. The largest absolute Gasteiger partial charge is 0.349 e. The summed E-state index contributed by atoms with van der Waals surface area (Å²) in [5.41, 5.74) is 2.43. The average Bonchev–Trinajstić information content (AvgIpc) is 3.40. The smallest absolute Gasteiger partial charge is 0.262 e. The summed E-state index contributed by atoms with van der Waals surface area (Å²) in [5.74, 6) is 0.181. The number of rotatable bonds is 7. The summed E-state index contributed by atoms with van der Waals surface area (Å²) in [6, 6.07) is 18.4. The minimum Gasteiger partial charge on any atom is -0.349 e. The maximum Gasteiger partial charge on any atom is 0.262 e. The van der Waals surface area contributed by atoms with Crippen molar-refractivity contribution in [3.63, 3.8) is 0 Å². The zero-order chi connectivity index (χ0) is 29.0. The fraction of sp³-hybridized carbons (Fsp3) is 0.406. The molecule has 2 fully saturated rings. The molecule has 1 amide bonds. The lowest BCUT2D eigenvalue weighted by Crippen LogP contribution is -2.42. The van der Waals surface area contributed by atoms with Gasteiger partial charge in [0.1, 0.15) is 17.3 Å². The molecule has 2 atom stereocenters. The summed E-state index contributed by atoms with van der Waals surface area (Å²) in [6.07, 6.45) is 9.46. The summed E-state index contributed by atoms with van der Waals surface area (Å²) >= 11 is 0. The van der Waals surface area contributed by atoms with Gasteiger partial charge in [0.05, 0.1) is 10.6 Å². The van der Waals surface area contributed by atoms with Gasteiger partial charge in [-0.1, -0.05) is 63.4 Å². The zero-order valence-electron chi connectivity index (χ0n) is 23.7. The van der Waals surface area contributed by atoms with Gasteiger partial charge in [0.25, 0.3) is 5.91 Å². The van der Waals surface area contributed by atoms with Crippen molar-refractivity contribution in [3.8, 4) is 23.0 Å². The zero-order valence-corrected chi connectivity index (χ0v) is 24.5. The van der Waals surface area contributed by atoms with E-state index in [0.29, 0.717) is 41.7 Å². The Balaban J connectivity index is 1.53. The molecule has 41 heavy (non-hydrogen) atoms. The van der Waals surface area contributed by atoms with Crippen molar-refractivity contribution in [1.29, 1.82) is 5.26 Å². The van der Waals surface area contributed by atoms with Crippen LogP contribution in [0.2, 0.25) is 0 Å². The van der Waals surface area contributed by atoms with E-state index in [1.54, 1.807) is 39.5 Å². The number of nitrogens with zero attached hydrogens (tertiary/aromatic N) is 4. The van der Waals surface area contributed by atoms with Gasteiger partial charge in [-0.15, -0.1) is 0 Å². The monoisotopic (exact) mass is 571 g/mol. The minimum absolute atomic E-state index is 0.00972. The Kier molecular flexibility index (Phi) is 8.71. The van der Waals surface area contributed by atoms with E-state index in [2.05, 4.69) is 25.2 Å². The van der Waals surface area contributed by atoms with Gasteiger partial charge in [0, 0.05) is 36.5 Å². The SMILES string of the molecule is CC1CC(C)CN(S(=O)(=O)c2cccc(-c3nn(-c4ccccc4)cc3C=C(C#N)C(=O)NC3CCCCC3)c2)C1. The molecule has 0 bridgehead atoms. The van der Waals surface area contributed by atoms with E-state index in [1.807, 2.05) is 36.4 Å². The van der Waals surface area contributed by atoms with Crippen LogP contribution >= 0.6 is 0 Å². The van der Waals surface area contributed by atoms with Crippen LogP contribution in [0.5, 0.6) is 0 Å². The van der Waals surface area contributed by atoms with E-state index in [9.17, 15) is 18.5 Å². The van der Waals surface area contributed by atoms with Crippen LogP contribution in [-0.4, -0.2) is 47.5 Å². The second kappa shape index (κ2) is 12.4. The molecule has 214 valence electrons. The third-order valence-corrected chi connectivity index (χ3v) is 9.78. The van der Waals surface area contributed by atoms with Gasteiger partial charge in [0.15, 0.2) is 0 Å². The molecule has 1 aliphatic heterocycles. The Labute approximate surface area is 242 Å². The fourth-order valence-corrected chi connectivity index (χ4v) is 7.73. The molecule has 8 nitrogen and oxygen atoms in total. The maximum absolute atomic E-state index is 13.7. The lowest BCUT2D eigenvalue weighted by Gasteiger charge is -2.34. The van der Waals surface area contributed by atoms with E-state index in [4.69, 9.17) is 5.10 Å². The fourth-order valence-electron chi connectivity index (χ4n) is 6.00. The molecule has 9 heteroatoms. The Morgan fingerprint density at radius 2 is 1.73 bits per heavy atom. The van der Waals surface area contributed by atoms with Crippen molar-refractivity contribution in [2.24, 2.45) is 11.8 Å². The van der Waals surface area contributed by atoms with Crippen LogP contribution in [0.1, 0.15) is 57.9 Å². The van der Waals surface area contributed by atoms with Crippen LogP contribution in [0.15, 0.2) is 71.3 Å². The topological polar surface area (TPSA) is 108 Å². The van der Waals surface area contributed by atoms with E-state index < -0.39 is 15.9 Å². The van der Waals surface area contributed by atoms with Gasteiger partial charge in [-0.2, -0.15) is 14.7 Å². The molecule has 0 spiro atoms. The quantitative estimate of drug-likeness (QED) is 0.295. The number of para-hydroxylation sites is 1. The van der Waals surface area contributed by atoms with Crippen LogP contribution < -0.4 is 5.32 Å². The molecule has 1 N–H and O–H groups in total. The Morgan fingerprint density at radius 1 is 1.02 bits per heavy atom. The molecule has 5 rings (SSSR count). The van der Waals surface area contributed by atoms with Crippen LogP contribution in [0.25, 0.3) is 23.0 Å². The number of hydrogen-bond donors (Lipinski definition) is 1. The molecule has 2 unspecified atom stereocenters. The summed E-state index contributed by atoms with van der Waals surface area (Å²) in [5, 5.41) is 17.7. The van der Waals surface area contributed by atoms with Crippen molar-refractivity contribution in [3.05, 3.63) is 71.9 Å². The molecular formula is C32H37N5O3S. The lowest BCUT2D eigenvalue weighted by molar-refractivity contribution is -0.117. The first kappa shape index (κ1) is 28.8. The lowest BCUT2D eigenvalue weighted by atomic mass is 9.94. The van der Waals surface area contributed by atoms with Gasteiger partial charge >= 0.3 is 0 Å². The van der Waals surface area contributed by atoms with Crippen LogP contribution in [0.4, 0.5) is 0 Å². The van der Waals surface area contributed by atoms with Crippen molar-refractivity contribution in [1.82, 2.24) is 19.4 Å². The van der Waals surface area contributed by atoms with E-state index >= 15 is 0 Å². The average molecular weight is 572 g/mol. The number of piperidine rings is 1. The molecule has 1 aliphatic carbocycles. The van der Waals surface area contributed by atoms with Gasteiger partial charge in [0.2, 0.25) is 10.0 Å². The number of benzene rings is 2. The summed E-state index contributed by atoms with van der Waals surface area (Å²) in [4.78, 5) is 13.3. The van der Waals surface area contributed by atoms with Gasteiger partial charge in [-0.05, 0) is 61.4 Å². The molecule has 1 saturated carbocycles. The highest BCUT2D eigenvalue weighted by Gasteiger charge is 2.32. The summed E-state index contributed by atoms with van der Waals surface area (Å²) in [6.45, 7) is 5.16. The highest BCUT2D eigenvalue weighted by atomic mass is 32.2. The number of hydrogen-bond acceptors (Lipinski definition) is 5. The second-order valence-electron chi connectivity index (χ2n) is 11.5. The highest BCUT2D eigenvalue weighted by Crippen LogP contribution is 2.31. The summed E-state index contributed by atoms with van der Waals surface area (Å²) in [7, 11) is -3.71. The molecule has 2 aliphatic rings. The van der Waals surface area contributed by atoms with Crippen LogP contribution in [-0.2, 0) is 14.8 Å². The van der Waals surface area contributed by atoms with Gasteiger partial charge < -0.3 is 5.32 Å². The number of amides is 1. The normalized spacial score (nSPS) is 20.9. The van der Waals surface area contributed by atoms with Gasteiger partial charge in [-0.25, -0.2) is 13.1 Å². The number of sulfonamides is 1. The number of carbonyl (C=O) groups excluding carboxylic acids is 1. The first-order chi connectivity index (χ1) is 19.7. The molecule has 1 saturated heterocycles. The van der Waals surface area contributed by atoms with E-state index in [1.165, 1.54) is 6.42 Å². The second-order valence-corrected chi connectivity index (χ2v) is 13.4. The molecule has 2 heterocycles. The highest BCUT2D eigenvalue weighted by molar-refractivity contribution is 7.89. The Bertz CT molecular complexity index is 1560. The summed E-state index contributed by atoms with van der Waals surface area (Å²) < 4.78 is 30.6. The maximum atomic E-state index is 13.7. The number of nitriles is 1. The first-order valence-corrected chi connectivity index (χ1v) is 15.9. The molecule has 0 radical (unpaired) electrons. The van der Waals surface area contributed by atoms with Crippen LogP contribution in [0.3, 0.4) is 0 Å². The van der Waals surface area contributed by atoms with Crippen molar-refractivity contribution in [2.45, 2.75) is 63.3 Å². The van der Waals surface area contributed by atoms with Crippen molar-refractivity contribution < 1.29 is 13.2 Å². The Morgan fingerprint density at radius 3 is 2.41 bits per heavy atom. The van der Waals surface area contributed by atoms with Gasteiger partial charge in [-0.3, -0.25) is 4.79 Å². The Hall–Kier alpha value is -3.74. The molecular weight excluding hydrogens is 534 g/mol. The molecule has 3 aromatic rings. The third kappa shape index (κ3) is 6.61. The first-order valence-electron chi connectivity index (χ1n) is 14.4. The standard InChI is InChI=1S/C32H37N5O3S/c1-23-16-24(2)21-36(20-23)41(39,40)30-15-9-10-25(18-30)31-27(22-37(35-31)29-13-7-4-8-14-29)17-26(19-33)32(38)34-28-11-5-3-6-12-28/h4,7-10,13-15,17-18,22-24,28H,3,5-6,11-12,16,20-21H2,1-2H3,(H,34,38). The van der Waals surface area contributed by atoms with Crippen LogP contribution in [0, 0.1) is 23.2 Å². The number of aromatic nitrogens is 2. The number of carbonyl (C=O) groups is 1. The number of nitrogens with one attached hydrogen (secondary N) is 1.